The van der Waals surface area contributed by atoms with E-state index >= 15 is 0 Å². The summed E-state index contributed by atoms with van der Waals surface area (Å²) in [5.41, 5.74) is 2.53. The van der Waals surface area contributed by atoms with Crippen LogP contribution < -0.4 is 15.1 Å². The molecule has 9 nitrogen and oxygen atoms in total. The molecule has 9 heteroatoms. The number of H-pyrrole nitrogens is 1. The number of anilines is 3. The smallest absolute Gasteiger partial charge is 0.329 e. The molecule has 2 bridgehead atoms. The zero-order valence-corrected chi connectivity index (χ0v) is 13.8. The summed E-state index contributed by atoms with van der Waals surface area (Å²) in [6.45, 7) is 1.73. The average Bonchev–Trinajstić information content (AvgIpc) is 3.33. The van der Waals surface area contributed by atoms with Crippen LogP contribution in [0.15, 0.2) is 43.0 Å². The molecule has 0 aromatic carbocycles. The van der Waals surface area contributed by atoms with E-state index in [1.165, 1.54) is 6.20 Å². The Labute approximate surface area is 149 Å². The highest BCUT2D eigenvalue weighted by Gasteiger charge is 2.40. The van der Waals surface area contributed by atoms with E-state index < -0.39 is 0 Å². The number of aromatic nitrogens is 5. The van der Waals surface area contributed by atoms with E-state index in [0.29, 0.717) is 11.6 Å². The zero-order valence-electron chi connectivity index (χ0n) is 13.8. The van der Waals surface area contributed by atoms with Crippen molar-refractivity contribution in [2.45, 2.75) is 12.5 Å². The topological polar surface area (TPSA) is 103 Å². The van der Waals surface area contributed by atoms with E-state index in [1.807, 2.05) is 18.2 Å². The fraction of sp³-hybridized carbons (Fsp3) is 0.235. The van der Waals surface area contributed by atoms with Crippen LogP contribution in [-0.2, 0) is 0 Å². The highest BCUT2D eigenvalue weighted by atomic mass is 16.2. The maximum atomic E-state index is 13.0. The minimum Gasteiger partial charge on any atom is -0.366 e. The number of carbonyl (C=O) groups excluding carboxylic acids is 1. The highest BCUT2D eigenvalue weighted by Crippen LogP contribution is 2.40. The Balaban J connectivity index is 1.54. The Morgan fingerprint density at radius 2 is 2.19 bits per heavy atom. The van der Waals surface area contributed by atoms with Gasteiger partial charge in [-0.15, -0.1) is 0 Å². The van der Waals surface area contributed by atoms with E-state index in [2.05, 4.69) is 30.4 Å². The lowest BCUT2D eigenvalue weighted by atomic mass is 10.1. The number of amides is 2. The Morgan fingerprint density at radius 3 is 3.00 bits per heavy atom. The summed E-state index contributed by atoms with van der Waals surface area (Å²) in [5, 5.41) is 9.72. The molecule has 1 atom stereocenters. The quantitative estimate of drug-likeness (QED) is 0.733. The molecular weight excluding hydrogens is 332 g/mol. The first-order chi connectivity index (χ1) is 12.8. The third kappa shape index (κ3) is 2.36. The molecule has 3 aromatic heterocycles. The Kier molecular flexibility index (Phi) is 3.30. The molecule has 0 unspecified atom stereocenters. The maximum Gasteiger partial charge on any atom is 0.329 e. The van der Waals surface area contributed by atoms with Crippen LogP contribution in [0.3, 0.4) is 0 Å². The van der Waals surface area contributed by atoms with Crippen molar-refractivity contribution in [2.24, 2.45) is 0 Å². The van der Waals surface area contributed by atoms with Crippen molar-refractivity contribution in [3.63, 3.8) is 0 Å². The van der Waals surface area contributed by atoms with Gasteiger partial charge < -0.3 is 4.90 Å². The fourth-order valence-corrected chi connectivity index (χ4v) is 3.55. The van der Waals surface area contributed by atoms with Gasteiger partial charge in [0.25, 0.3) is 0 Å². The molecule has 3 aromatic rings. The summed E-state index contributed by atoms with van der Waals surface area (Å²) in [7, 11) is 0. The average molecular weight is 348 g/mol. The molecule has 0 spiro atoms. The van der Waals surface area contributed by atoms with Crippen molar-refractivity contribution in [1.82, 2.24) is 25.1 Å². The van der Waals surface area contributed by atoms with Gasteiger partial charge >= 0.3 is 6.03 Å². The molecule has 1 fully saturated rings. The van der Waals surface area contributed by atoms with Crippen molar-refractivity contribution < 1.29 is 4.79 Å². The van der Waals surface area contributed by atoms with Gasteiger partial charge in [0.1, 0.15) is 0 Å². The van der Waals surface area contributed by atoms with Gasteiger partial charge in [0.2, 0.25) is 0 Å². The Hall–Kier alpha value is -3.49. The first-order valence-electron chi connectivity index (χ1n) is 8.41. The zero-order chi connectivity index (χ0) is 17.5. The summed E-state index contributed by atoms with van der Waals surface area (Å²) in [6, 6.07) is 5.67. The predicted octanol–water partition coefficient (Wildman–Crippen LogP) is 1.89. The second kappa shape index (κ2) is 5.80. The van der Waals surface area contributed by atoms with Crippen LogP contribution in [0.5, 0.6) is 0 Å². The van der Waals surface area contributed by atoms with Crippen molar-refractivity contribution in [3.8, 4) is 11.4 Å². The van der Waals surface area contributed by atoms with Gasteiger partial charge in [-0.2, -0.15) is 5.10 Å². The van der Waals surface area contributed by atoms with E-state index in [9.17, 15) is 4.79 Å². The van der Waals surface area contributed by atoms with Crippen molar-refractivity contribution in [1.29, 1.82) is 0 Å². The Morgan fingerprint density at radius 1 is 1.23 bits per heavy atom. The van der Waals surface area contributed by atoms with Gasteiger partial charge in [0.15, 0.2) is 11.6 Å². The SMILES string of the molecule is O=C(Nc1cnccn1)N1c2nc(-c3ccn[nH]3)ccc2N2CC[C@H]1C2. The molecule has 0 aliphatic carbocycles. The number of hydrogen-bond acceptors (Lipinski definition) is 6. The fourth-order valence-electron chi connectivity index (χ4n) is 3.55. The molecule has 5 rings (SSSR count). The first-order valence-corrected chi connectivity index (χ1v) is 8.41. The number of urea groups is 1. The highest BCUT2D eigenvalue weighted by molar-refractivity contribution is 6.04. The number of hydrogen-bond donors (Lipinski definition) is 2. The van der Waals surface area contributed by atoms with Crippen LogP contribution in [0.4, 0.5) is 22.1 Å². The van der Waals surface area contributed by atoms with Crippen LogP contribution in [-0.4, -0.2) is 50.3 Å². The lowest BCUT2D eigenvalue weighted by Gasteiger charge is -2.35. The summed E-state index contributed by atoms with van der Waals surface area (Å²) >= 11 is 0. The summed E-state index contributed by atoms with van der Waals surface area (Å²) in [4.78, 5) is 29.9. The van der Waals surface area contributed by atoms with Crippen LogP contribution in [0, 0.1) is 0 Å². The monoisotopic (exact) mass is 348 g/mol. The van der Waals surface area contributed by atoms with E-state index in [-0.39, 0.29) is 12.1 Å². The molecule has 130 valence electrons. The second-order valence-corrected chi connectivity index (χ2v) is 6.29. The minimum absolute atomic E-state index is 0.0867. The maximum absolute atomic E-state index is 13.0. The molecule has 2 aliphatic rings. The van der Waals surface area contributed by atoms with E-state index in [1.54, 1.807) is 23.5 Å². The van der Waals surface area contributed by atoms with Gasteiger partial charge in [0, 0.05) is 31.7 Å². The first kappa shape index (κ1) is 14.8. The molecule has 0 saturated carbocycles. The van der Waals surface area contributed by atoms with Gasteiger partial charge in [-0.1, -0.05) is 0 Å². The number of pyridine rings is 1. The van der Waals surface area contributed by atoms with E-state index in [4.69, 9.17) is 4.98 Å². The molecule has 0 radical (unpaired) electrons. The number of nitrogens with zero attached hydrogens (tertiary/aromatic N) is 6. The molecule has 2 aliphatic heterocycles. The molecule has 2 amide bonds. The van der Waals surface area contributed by atoms with Crippen LogP contribution in [0.25, 0.3) is 11.4 Å². The van der Waals surface area contributed by atoms with Gasteiger partial charge in [-0.25, -0.2) is 14.8 Å². The number of rotatable bonds is 2. The van der Waals surface area contributed by atoms with Crippen LogP contribution in [0.2, 0.25) is 0 Å². The largest absolute Gasteiger partial charge is 0.366 e. The minimum atomic E-state index is -0.243. The summed E-state index contributed by atoms with van der Waals surface area (Å²) in [5.74, 6) is 1.08. The number of fused-ring (bicyclic) bond motifs is 4. The lowest BCUT2D eigenvalue weighted by molar-refractivity contribution is 0.254. The van der Waals surface area contributed by atoms with Crippen molar-refractivity contribution >= 4 is 23.4 Å². The molecular formula is C17H16N8O. The summed E-state index contributed by atoms with van der Waals surface area (Å²) < 4.78 is 0. The number of nitrogens with one attached hydrogen (secondary N) is 2. The number of carbonyl (C=O) groups is 1. The van der Waals surface area contributed by atoms with Gasteiger partial charge in [-0.3, -0.25) is 20.3 Å². The molecule has 2 N–H and O–H groups in total. The van der Waals surface area contributed by atoms with E-state index in [0.717, 1.165) is 36.6 Å². The van der Waals surface area contributed by atoms with Crippen LogP contribution in [0.1, 0.15) is 6.42 Å². The van der Waals surface area contributed by atoms with Crippen molar-refractivity contribution in [2.75, 3.05) is 28.2 Å². The molecule has 1 saturated heterocycles. The van der Waals surface area contributed by atoms with Crippen LogP contribution >= 0.6 is 0 Å². The second-order valence-electron chi connectivity index (χ2n) is 6.29. The standard InChI is InChI=1S/C17H16N8O/c26-17(22-15-9-18-6-7-19-15)25-11-4-8-24(10-11)14-2-1-12(21-16(14)25)13-3-5-20-23-13/h1-3,5-7,9,11H,4,8,10H2,(H,20,23)(H,19,22,26)/t11-/m0/s1. The lowest BCUT2D eigenvalue weighted by Crippen LogP contribution is -2.48. The normalized spacial score (nSPS) is 17.9. The third-order valence-corrected chi connectivity index (χ3v) is 4.75. The predicted molar refractivity (Wildman–Crippen MR) is 96.0 cm³/mol. The van der Waals surface area contributed by atoms with Crippen molar-refractivity contribution in [3.05, 3.63) is 43.0 Å². The molecule has 5 heterocycles. The number of aromatic amines is 1. The van der Waals surface area contributed by atoms with Gasteiger partial charge in [-0.05, 0) is 24.6 Å². The summed E-state index contributed by atoms with van der Waals surface area (Å²) in [6.07, 6.45) is 7.23. The molecule has 26 heavy (non-hydrogen) atoms. The Bertz CT molecular complexity index is 943. The van der Waals surface area contributed by atoms with Gasteiger partial charge in [0.05, 0.1) is 29.3 Å². The third-order valence-electron chi connectivity index (χ3n) is 4.75.